The molecule has 1 nitrogen and oxygen atoms in total. The third kappa shape index (κ3) is 2.94. The van der Waals surface area contributed by atoms with Crippen molar-refractivity contribution in [1.82, 2.24) is 0 Å². The van der Waals surface area contributed by atoms with Crippen molar-refractivity contribution in [3.8, 4) is 11.1 Å². The number of hydrogen-bond donors (Lipinski definition) is 0. The van der Waals surface area contributed by atoms with Crippen LogP contribution in [0.1, 0.15) is 34.7 Å². The summed E-state index contributed by atoms with van der Waals surface area (Å²) in [7, 11) is 0. The van der Waals surface area contributed by atoms with Crippen LogP contribution in [0.5, 0.6) is 0 Å². The second-order valence-corrected chi connectivity index (χ2v) is 6.72. The molecule has 0 atom stereocenters. The summed E-state index contributed by atoms with van der Waals surface area (Å²) < 4.78 is 0. The van der Waals surface area contributed by atoms with Crippen molar-refractivity contribution >= 4 is 11.4 Å². The number of benzene rings is 3. The molecule has 3 aromatic carbocycles. The number of hydrogen-bond acceptors (Lipinski definition) is 1. The summed E-state index contributed by atoms with van der Waals surface area (Å²) in [4.78, 5) is 4.74. The summed E-state index contributed by atoms with van der Waals surface area (Å²) in [5.41, 5.74) is 10.8. The van der Waals surface area contributed by atoms with E-state index < -0.39 is 0 Å². The molecule has 0 spiro atoms. The standard InChI is InChI=1S/C24H21N/c1-16-8-10-19(11-9-16)17(2)25-18(3)20-12-13-24-22(14-20)15-21-6-4-5-7-23(21)24/h4-14H,3,15H2,1-2H3/b25-17+. The van der Waals surface area contributed by atoms with E-state index in [9.17, 15) is 0 Å². The van der Waals surface area contributed by atoms with Crippen LogP contribution in [0.2, 0.25) is 0 Å². The molecule has 0 aromatic heterocycles. The molecule has 4 rings (SSSR count). The van der Waals surface area contributed by atoms with Crippen molar-refractivity contribution in [2.24, 2.45) is 4.99 Å². The number of aliphatic imine (C=N–C) groups is 1. The number of aryl methyl sites for hydroxylation is 1. The Hall–Kier alpha value is -2.93. The summed E-state index contributed by atoms with van der Waals surface area (Å²) in [5.74, 6) is 0. The molecule has 0 radical (unpaired) electrons. The highest BCUT2D eigenvalue weighted by atomic mass is 14.7. The molecule has 1 aliphatic carbocycles. The fourth-order valence-corrected chi connectivity index (χ4v) is 3.45. The molecule has 1 aliphatic rings. The highest BCUT2D eigenvalue weighted by Gasteiger charge is 2.18. The fraction of sp³-hybridized carbons (Fsp3) is 0.125. The molecule has 0 N–H and O–H groups in total. The van der Waals surface area contributed by atoms with Crippen LogP contribution in [0.3, 0.4) is 0 Å². The van der Waals surface area contributed by atoms with E-state index in [-0.39, 0.29) is 0 Å². The number of fused-ring (bicyclic) bond motifs is 3. The predicted octanol–water partition coefficient (Wildman–Crippen LogP) is 6.05. The molecule has 0 aliphatic heterocycles. The third-order valence-corrected chi connectivity index (χ3v) is 4.90. The molecule has 25 heavy (non-hydrogen) atoms. The van der Waals surface area contributed by atoms with E-state index >= 15 is 0 Å². The van der Waals surface area contributed by atoms with Crippen molar-refractivity contribution in [1.29, 1.82) is 0 Å². The topological polar surface area (TPSA) is 12.4 Å². The molecule has 1 heteroatoms. The lowest BCUT2D eigenvalue weighted by Gasteiger charge is -2.07. The van der Waals surface area contributed by atoms with Crippen molar-refractivity contribution in [2.45, 2.75) is 20.3 Å². The Labute approximate surface area is 149 Å². The average Bonchev–Trinajstić information content (AvgIpc) is 3.00. The van der Waals surface area contributed by atoms with Crippen molar-refractivity contribution in [2.75, 3.05) is 0 Å². The second-order valence-electron chi connectivity index (χ2n) is 6.72. The molecule has 0 unspecified atom stereocenters. The Balaban J connectivity index is 1.63. The van der Waals surface area contributed by atoms with Gasteiger partial charge in [-0.3, -0.25) is 4.99 Å². The Bertz CT molecular complexity index is 991. The van der Waals surface area contributed by atoms with Crippen molar-refractivity contribution in [3.63, 3.8) is 0 Å². The van der Waals surface area contributed by atoms with Gasteiger partial charge < -0.3 is 0 Å². The maximum absolute atomic E-state index is 4.74. The van der Waals surface area contributed by atoms with E-state index in [0.717, 1.165) is 29.0 Å². The van der Waals surface area contributed by atoms with Gasteiger partial charge in [0.05, 0.1) is 5.70 Å². The van der Waals surface area contributed by atoms with E-state index in [1.54, 1.807) is 0 Å². The van der Waals surface area contributed by atoms with Gasteiger partial charge in [-0.05, 0) is 59.7 Å². The summed E-state index contributed by atoms with van der Waals surface area (Å²) in [6.07, 6.45) is 0.993. The van der Waals surface area contributed by atoms with Gasteiger partial charge in [0, 0.05) is 5.71 Å². The summed E-state index contributed by atoms with van der Waals surface area (Å²) >= 11 is 0. The van der Waals surface area contributed by atoms with Gasteiger partial charge in [0.25, 0.3) is 0 Å². The van der Waals surface area contributed by atoms with E-state index in [1.807, 2.05) is 6.92 Å². The summed E-state index contributed by atoms with van der Waals surface area (Å²) in [6.45, 7) is 8.33. The van der Waals surface area contributed by atoms with Gasteiger partial charge in [-0.2, -0.15) is 0 Å². The van der Waals surface area contributed by atoms with Gasteiger partial charge in [0.15, 0.2) is 0 Å². The minimum atomic E-state index is 0.817. The Kier molecular flexibility index (Phi) is 3.85. The van der Waals surface area contributed by atoms with Gasteiger partial charge >= 0.3 is 0 Å². The van der Waals surface area contributed by atoms with E-state index in [0.29, 0.717) is 0 Å². The van der Waals surface area contributed by atoms with Gasteiger partial charge in [-0.1, -0.05) is 72.8 Å². The first-order valence-electron chi connectivity index (χ1n) is 8.64. The highest BCUT2D eigenvalue weighted by molar-refractivity contribution is 6.01. The van der Waals surface area contributed by atoms with Crippen LogP contribution in [0.4, 0.5) is 0 Å². The molecule has 0 bridgehead atoms. The average molecular weight is 323 g/mol. The molecule has 0 fully saturated rings. The zero-order chi connectivity index (χ0) is 17.4. The normalized spacial score (nSPS) is 12.6. The Morgan fingerprint density at radius 3 is 2.32 bits per heavy atom. The summed E-state index contributed by atoms with van der Waals surface area (Å²) in [6, 6.07) is 23.7. The Morgan fingerprint density at radius 1 is 0.840 bits per heavy atom. The zero-order valence-electron chi connectivity index (χ0n) is 14.7. The SMILES string of the molecule is C=C(/N=C(\C)c1ccc(C)cc1)c1ccc2c(c1)Cc1ccccc1-2. The minimum Gasteiger partial charge on any atom is -0.253 e. The van der Waals surface area contributed by atoms with E-state index in [2.05, 4.69) is 80.2 Å². The van der Waals surface area contributed by atoms with Gasteiger partial charge in [-0.15, -0.1) is 0 Å². The van der Waals surface area contributed by atoms with Crippen molar-refractivity contribution < 1.29 is 0 Å². The molecular formula is C24H21N. The first-order chi connectivity index (χ1) is 12.1. The molecule has 0 amide bonds. The van der Waals surface area contributed by atoms with Gasteiger partial charge in [-0.25, -0.2) is 0 Å². The first kappa shape index (κ1) is 15.6. The highest BCUT2D eigenvalue weighted by Crippen LogP contribution is 2.37. The summed E-state index contributed by atoms with van der Waals surface area (Å²) in [5, 5.41) is 0. The fourth-order valence-electron chi connectivity index (χ4n) is 3.45. The zero-order valence-corrected chi connectivity index (χ0v) is 14.7. The predicted molar refractivity (Wildman–Crippen MR) is 107 cm³/mol. The van der Waals surface area contributed by atoms with Gasteiger partial charge in [0.1, 0.15) is 0 Å². The van der Waals surface area contributed by atoms with Crippen LogP contribution in [0.25, 0.3) is 16.8 Å². The lowest BCUT2D eigenvalue weighted by Crippen LogP contribution is -1.95. The van der Waals surface area contributed by atoms with Crippen LogP contribution in [0.15, 0.2) is 78.3 Å². The maximum Gasteiger partial charge on any atom is 0.0633 e. The second kappa shape index (κ2) is 6.18. The van der Waals surface area contributed by atoms with Gasteiger partial charge in [0.2, 0.25) is 0 Å². The first-order valence-corrected chi connectivity index (χ1v) is 8.64. The Morgan fingerprint density at radius 2 is 1.52 bits per heavy atom. The molecule has 0 saturated carbocycles. The van der Waals surface area contributed by atoms with E-state index in [1.165, 1.54) is 27.8 Å². The van der Waals surface area contributed by atoms with Crippen LogP contribution in [0, 0.1) is 6.92 Å². The molecular weight excluding hydrogens is 302 g/mol. The monoisotopic (exact) mass is 323 g/mol. The maximum atomic E-state index is 4.74. The molecule has 3 aromatic rings. The lowest BCUT2D eigenvalue weighted by atomic mass is 10.0. The minimum absolute atomic E-state index is 0.817. The largest absolute Gasteiger partial charge is 0.253 e. The van der Waals surface area contributed by atoms with Crippen LogP contribution in [-0.4, -0.2) is 5.71 Å². The van der Waals surface area contributed by atoms with Crippen LogP contribution < -0.4 is 0 Å². The molecule has 122 valence electrons. The van der Waals surface area contributed by atoms with E-state index in [4.69, 9.17) is 4.99 Å². The lowest BCUT2D eigenvalue weighted by molar-refractivity contribution is 1.26. The molecule has 0 saturated heterocycles. The number of rotatable bonds is 3. The smallest absolute Gasteiger partial charge is 0.0633 e. The van der Waals surface area contributed by atoms with Crippen LogP contribution in [-0.2, 0) is 6.42 Å². The molecule has 0 heterocycles. The quantitative estimate of drug-likeness (QED) is 0.407. The third-order valence-electron chi connectivity index (χ3n) is 4.90. The van der Waals surface area contributed by atoms with Crippen LogP contribution >= 0.6 is 0 Å². The number of nitrogens with zero attached hydrogens (tertiary/aromatic N) is 1. The van der Waals surface area contributed by atoms with Crippen molar-refractivity contribution in [3.05, 3.63) is 101 Å².